The topological polar surface area (TPSA) is 55.6 Å². The van der Waals surface area contributed by atoms with E-state index in [-0.39, 0.29) is 12.1 Å². The second kappa shape index (κ2) is 7.35. The van der Waals surface area contributed by atoms with Crippen LogP contribution in [0.3, 0.4) is 0 Å². The summed E-state index contributed by atoms with van der Waals surface area (Å²) in [6, 6.07) is 6.70. The minimum atomic E-state index is -0.453. The van der Waals surface area contributed by atoms with Gasteiger partial charge < -0.3 is 15.4 Å². The van der Waals surface area contributed by atoms with E-state index < -0.39 is 5.60 Å². The number of hydrogen-bond donors (Lipinski definition) is 1. The van der Waals surface area contributed by atoms with Crippen LogP contribution in [0.2, 0.25) is 0 Å². The molecule has 0 aliphatic heterocycles. The lowest BCUT2D eigenvalue weighted by Gasteiger charge is -2.36. The van der Waals surface area contributed by atoms with Crippen LogP contribution in [0.25, 0.3) is 0 Å². The summed E-state index contributed by atoms with van der Waals surface area (Å²) in [7, 11) is 0. The van der Waals surface area contributed by atoms with Gasteiger partial charge in [0.05, 0.1) is 0 Å². The monoisotopic (exact) mass is 318 g/mol. The molecule has 0 aromatic heterocycles. The number of hydrogen-bond acceptors (Lipinski definition) is 3. The molecule has 0 heterocycles. The van der Waals surface area contributed by atoms with E-state index in [4.69, 9.17) is 10.5 Å². The van der Waals surface area contributed by atoms with Gasteiger partial charge in [-0.15, -0.1) is 0 Å². The van der Waals surface area contributed by atoms with E-state index in [1.54, 1.807) is 0 Å². The normalized spacial score (nSPS) is 17.5. The third kappa shape index (κ3) is 4.71. The molecular formula is C19H30N2O2. The zero-order chi connectivity index (χ0) is 17.0. The van der Waals surface area contributed by atoms with Crippen LogP contribution in [0.4, 0.5) is 4.79 Å². The highest BCUT2D eigenvalue weighted by atomic mass is 16.6. The van der Waals surface area contributed by atoms with Gasteiger partial charge in [-0.3, -0.25) is 0 Å². The largest absolute Gasteiger partial charge is 0.444 e. The van der Waals surface area contributed by atoms with Crippen molar-refractivity contribution >= 4 is 6.09 Å². The van der Waals surface area contributed by atoms with Crippen molar-refractivity contribution in [2.24, 2.45) is 5.73 Å². The first-order valence-corrected chi connectivity index (χ1v) is 8.64. The fraction of sp³-hybridized carbons (Fsp3) is 0.632. The van der Waals surface area contributed by atoms with Crippen LogP contribution in [0.1, 0.15) is 57.2 Å². The highest BCUT2D eigenvalue weighted by Crippen LogP contribution is 2.27. The minimum Gasteiger partial charge on any atom is -0.444 e. The number of carbonyl (C=O) groups excluding carboxylic acids is 1. The van der Waals surface area contributed by atoms with Crippen LogP contribution in [-0.2, 0) is 24.1 Å². The maximum absolute atomic E-state index is 12.5. The van der Waals surface area contributed by atoms with Crippen LogP contribution < -0.4 is 5.73 Å². The van der Waals surface area contributed by atoms with Crippen molar-refractivity contribution in [3.63, 3.8) is 0 Å². The molecule has 1 atom stereocenters. The molecule has 1 unspecified atom stereocenters. The van der Waals surface area contributed by atoms with Crippen molar-refractivity contribution in [3.05, 3.63) is 34.9 Å². The first-order valence-electron chi connectivity index (χ1n) is 8.64. The molecule has 0 spiro atoms. The first kappa shape index (κ1) is 17.8. The van der Waals surface area contributed by atoms with Crippen LogP contribution >= 0.6 is 0 Å². The van der Waals surface area contributed by atoms with Gasteiger partial charge in [0.1, 0.15) is 5.60 Å². The van der Waals surface area contributed by atoms with E-state index in [0.29, 0.717) is 6.54 Å². The average molecular weight is 318 g/mol. The summed E-state index contributed by atoms with van der Waals surface area (Å²) in [6.45, 7) is 9.17. The number of nitrogens with two attached hydrogens (primary N) is 1. The predicted octanol–water partition coefficient (Wildman–Crippen LogP) is 3.65. The quantitative estimate of drug-likeness (QED) is 0.922. The molecule has 2 rings (SSSR count). The molecule has 23 heavy (non-hydrogen) atoms. The number of amides is 1. The molecule has 128 valence electrons. The van der Waals surface area contributed by atoms with Crippen LogP contribution in [0, 0.1) is 0 Å². The molecule has 1 aromatic rings. The van der Waals surface area contributed by atoms with E-state index >= 15 is 0 Å². The number of ether oxygens (including phenoxy) is 1. The summed E-state index contributed by atoms with van der Waals surface area (Å²) in [6.07, 6.45) is 3.64. The molecule has 0 saturated heterocycles. The Kier molecular flexibility index (Phi) is 5.69. The second-order valence-corrected chi connectivity index (χ2v) is 7.38. The van der Waals surface area contributed by atoms with E-state index in [1.165, 1.54) is 16.7 Å². The number of fused-ring (bicyclic) bond motifs is 1. The number of carbonyl (C=O) groups is 1. The van der Waals surface area contributed by atoms with Gasteiger partial charge in [-0.05, 0) is 63.1 Å². The predicted molar refractivity (Wildman–Crippen MR) is 93.4 cm³/mol. The number of nitrogens with zero attached hydrogens (tertiary/aromatic N) is 1. The molecule has 4 heteroatoms. The second-order valence-electron chi connectivity index (χ2n) is 7.38. The van der Waals surface area contributed by atoms with E-state index in [9.17, 15) is 4.79 Å². The number of rotatable bonds is 4. The van der Waals surface area contributed by atoms with Gasteiger partial charge in [0.15, 0.2) is 0 Å². The van der Waals surface area contributed by atoms with Gasteiger partial charge >= 0.3 is 6.09 Å². The molecular weight excluding hydrogens is 288 g/mol. The molecule has 1 aromatic carbocycles. The SMILES string of the molecule is CCCN(C(=O)OC(C)(C)C)C1CCc2cc(CN)ccc2C1. The molecule has 0 radical (unpaired) electrons. The van der Waals surface area contributed by atoms with Crippen molar-refractivity contribution in [1.82, 2.24) is 4.90 Å². The van der Waals surface area contributed by atoms with Gasteiger partial charge in [0.25, 0.3) is 0 Å². The maximum atomic E-state index is 12.5. The Balaban J connectivity index is 2.13. The van der Waals surface area contributed by atoms with Crippen LogP contribution in [0.5, 0.6) is 0 Å². The Hall–Kier alpha value is -1.55. The Morgan fingerprint density at radius 3 is 2.70 bits per heavy atom. The Morgan fingerprint density at radius 1 is 1.35 bits per heavy atom. The number of benzene rings is 1. The number of aryl methyl sites for hydroxylation is 1. The molecule has 2 N–H and O–H groups in total. The summed E-state index contributed by atoms with van der Waals surface area (Å²) >= 11 is 0. The van der Waals surface area contributed by atoms with Crippen molar-refractivity contribution in [1.29, 1.82) is 0 Å². The van der Waals surface area contributed by atoms with Crippen molar-refractivity contribution in [2.45, 2.75) is 71.6 Å². The lowest BCUT2D eigenvalue weighted by molar-refractivity contribution is 0.0146. The molecule has 0 bridgehead atoms. The van der Waals surface area contributed by atoms with E-state index in [2.05, 4.69) is 25.1 Å². The highest BCUT2D eigenvalue weighted by Gasteiger charge is 2.30. The summed E-state index contributed by atoms with van der Waals surface area (Å²) in [4.78, 5) is 14.5. The lowest BCUT2D eigenvalue weighted by Crippen LogP contribution is -2.46. The summed E-state index contributed by atoms with van der Waals surface area (Å²) in [5, 5.41) is 0. The van der Waals surface area contributed by atoms with Crippen molar-refractivity contribution in [3.8, 4) is 0 Å². The fourth-order valence-corrected chi connectivity index (χ4v) is 3.17. The molecule has 0 fully saturated rings. The van der Waals surface area contributed by atoms with Crippen LogP contribution in [-0.4, -0.2) is 29.2 Å². The third-order valence-corrected chi connectivity index (χ3v) is 4.24. The first-order chi connectivity index (χ1) is 10.8. The molecule has 1 aliphatic rings. The van der Waals surface area contributed by atoms with Gasteiger partial charge in [-0.1, -0.05) is 25.1 Å². The average Bonchev–Trinajstić information content (AvgIpc) is 2.49. The molecule has 4 nitrogen and oxygen atoms in total. The minimum absolute atomic E-state index is 0.189. The zero-order valence-corrected chi connectivity index (χ0v) is 14.9. The standard InChI is InChI=1S/C19H30N2O2/c1-5-10-21(18(22)23-19(2,3)4)17-9-8-15-11-14(13-20)6-7-16(15)12-17/h6-7,11,17H,5,8-10,12-13,20H2,1-4H3. The lowest BCUT2D eigenvalue weighted by atomic mass is 9.86. The maximum Gasteiger partial charge on any atom is 0.410 e. The highest BCUT2D eigenvalue weighted by molar-refractivity contribution is 5.68. The van der Waals surface area contributed by atoms with Crippen molar-refractivity contribution in [2.75, 3.05) is 6.54 Å². The van der Waals surface area contributed by atoms with Crippen LogP contribution in [0.15, 0.2) is 18.2 Å². The van der Waals surface area contributed by atoms with Gasteiger partial charge in [0, 0.05) is 19.1 Å². The van der Waals surface area contributed by atoms with Gasteiger partial charge in [-0.25, -0.2) is 4.79 Å². The van der Waals surface area contributed by atoms with E-state index in [1.807, 2.05) is 25.7 Å². The van der Waals surface area contributed by atoms with E-state index in [0.717, 1.165) is 32.2 Å². The Labute approximate surface area is 140 Å². The molecule has 1 aliphatic carbocycles. The fourth-order valence-electron chi connectivity index (χ4n) is 3.17. The third-order valence-electron chi connectivity index (χ3n) is 4.24. The Bertz CT molecular complexity index is 549. The summed E-state index contributed by atoms with van der Waals surface area (Å²) in [5.74, 6) is 0. The van der Waals surface area contributed by atoms with Crippen molar-refractivity contribution < 1.29 is 9.53 Å². The summed E-state index contributed by atoms with van der Waals surface area (Å²) < 4.78 is 5.60. The molecule has 1 amide bonds. The Morgan fingerprint density at radius 2 is 2.09 bits per heavy atom. The van der Waals surface area contributed by atoms with Gasteiger partial charge in [-0.2, -0.15) is 0 Å². The van der Waals surface area contributed by atoms with Gasteiger partial charge in [0.2, 0.25) is 0 Å². The smallest absolute Gasteiger partial charge is 0.410 e. The molecule has 0 saturated carbocycles. The summed E-state index contributed by atoms with van der Waals surface area (Å²) in [5.41, 5.74) is 9.17. The zero-order valence-electron chi connectivity index (χ0n) is 14.9.